The number of hydrogen-bond acceptors (Lipinski definition) is 6. The molecule has 6 nitrogen and oxygen atoms in total. The fourth-order valence-electron chi connectivity index (χ4n) is 1.78. The van der Waals surface area contributed by atoms with Crippen LogP contribution in [-0.2, 0) is 25.6 Å². The van der Waals surface area contributed by atoms with E-state index >= 15 is 0 Å². The van der Waals surface area contributed by atoms with Crippen LogP contribution in [-0.4, -0.2) is 55.8 Å². The molecular formula is C10H30O6Si4. The van der Waals surface area contributed by atoms with Crippen LogP contribution in [0, 0.1) is 0 Å². The lowest BCUT2D eigenvalue weighted by molar-refractivity contribution is 0.0292. The van der Waals surface area contributed by atoms with E-state index in [1.54, 1.807) is 0 Å². The molecule has 0 aliphatic heterocycles. The van der Waals surface area contributed by atoms with Gasteiger partial charge in [0.05, 0.1) is 0 Å². The zero-order chi connectivity index (χ0) is 16.2. The molecule has 0 rings (SSSR count). The van der Waals surface area contributed by atoms with Crippen molar-refractivity contribution >= 4 is 34.5 Å². The normalized spacial score (nSPS) is 14.7. The number of hydrogen-bond donors (Lipinski definition) is 0. The van der Waals surface area contributed by atoms with Crippen molar-refractivity contribution in [2.24, 2.45) is 0 Å². The second-order valence-electron chi connectivity index (χ2n) is 6.51. The van der Waals surface area contributed by atoms with Crippen LogP contribution in [0.3, 0.4) is 0 Å². The maximum Gasteiger partial charge on any atom is 0.671 e. The summed E-state index contributed by atoms with van der Waals surface area (Å²) in [7, 11) is -5.25. The van der Waals surface area contributed by atoms with Crippen LogP contribution in [0.4, 0.5) is 0 Å². The minimum Gasteiger partial charge on any atom is -0.417 e. The van der Waals surface area contributed by atoms with Gasteiger partial charge in [-0.15, -0.1) is 0 Å². The second-order valence-corrected chi connectivity index (χ2v) is 21.4. The van der Waals surface area contributed by atoms with Gasteiger partial charge in [-0.1, -0.05) is 0 Å². The summed E-state index contributed by atoms with van der Waals surface area (Å²) in [4.78, 5) is 0. The van der Waals surface area contributed by atoms with Gasteiger partial charge in [0.25, 0.3) is 0 Å². The summed E-state index contributed by atoms with van der Waals surface area (Å²) in [5.41, 5.74) is 0. The predicted octanol–water partition coefficient (Wildman–Crippen LogP) is 2.65. The van der Waals surface area contributed by atoms with E-state index in [-0.39, 0.29) is 0 Å². The van der Waals surface area contributed by atoms with Crippen LogP contribution < -0.4 is 0 Å². The lowest BCUT2D eigenvalue weighted by Gasteiger charge is -2.40. The van der Waals surface area contributed by atoms with Crippen LogP contribution >= 0.6 is 0 Å². The average molecular weight is 359 g/mol. The Kier molecular flexibility index (Phi) is 7.49. The number of rotatable bonds is 9. The van der Waals surface area contributed by atoms with Crippen molar-refractivity contribution in [2.45, 2.75) is 45.8 Å². The largest absolute Gasteiger partial charge is 0.671 e. The molecular weight excluding hydrogens is 328 g/mol. The van der Waals surface area contributed by atoms with Crippen LogP contribution in [0.15, 0.2) is 0 Å². The first-order chi connectivity index (χ1) is 8.80. The Balaban J connectivity index is 5.31. The van der Waals surface area contributed by atoms with Gasteiger partial charge in [-0.2, -0.15) is 0 Å². The third-order valence-corrected chi connectivity index (χ3v) is 13.9. The van der Waals surface area contributed by atoms with Crippen molar-refractivity contribution in [3.63, 3.8) is 0 Å². The molecule has 0 heterocycles. The Morgan fingerprint density at radius 1 is 0.500 bits per heavy atom. The highest BCUT2D eigenvalue weighted by molar-refractivity contribution is 6.87. The van der Waals surface area contributed by atoms with E-state index in [1.807, 2.05) is 6.55 Å². The first-order valence-corrected chi connectivity index (χ1v) is 17.2. The molecule has 0 spiro atoms. The maximum atomic E-state index is 6.23. The van der Waals surface area contributed by atoms with Gasteiger partial charge in [-0.25, -0.2) is 0 Å². The molecule has 0 aromatic carbocycles. The van der Waals surface area contributed by atoms with Crippen molar-refractivity contribution in [1.29, 1.82) is 0 Å². The van der Waals surface area contributed by atoms with Crippen molar-refractivity contribution < 1.29 is 25.6 Å². The van der Waals surface area contributed by atoms with E-state index in [9.17, 15) is 0 Å². The minimum atomic E-state index is -3.20. The molecule has 0 amide bonds. The quantitative estimate of drug-likeness (QED) is 0.591. The third-order valence-electron chi connectivity index (χ3n) is 2.04. The highest BCUT2D eigenvalue weighted by Crippen LogP contribution is 2.25. The average Bonchev–Trinajstić information content (AvgIpc) is 2.20. The summed E-state index contributed by atoms with van der Waals surface area (Å²) in [5.74, 6) is 0. The van der Waals surface area contributed by atoms with Gasteiger partial charge in [0.2, 0.25) is 0 Å². The topological polar surface area (TPSA) is 55.4 Å². The summed E-state index contributed by atoms with van der Waals surface area (Å²) in [5, 5.41) is 0. The van der Waals surface area contributed by atoms with Crippen molar-refractivity contribution in [1.82, 2.24) is 0 Å². The molecule has 0 unspecified atom stereocenters. The molecule has 10 heteroatoms. The summed E-state index contributed by atoms with van der Waals surface area (Å²) in [6, 6.07) is 0. The molecule has 0 saturated carbocycles. The first kappa shape index (κ1) is 20.6. The van der Waals surface area contributed by atoms with Crippen LogP contribution in [0.2, 0.25) is 45.8 Å². The molecule has 0 aromatic heterocycles. The molecule has 0 saturated heterocycles. The Morgan fingerprint density at radius 3 is 1.00 bits per heavy atom. The fraction of sp³-hybridized carbons (Fsp3) is 1.00. The van der Waals surface area contributed by atoms with Gasteiger partial charge in [0.1, 0.15) is 0 Å². The zero-order valence-corrected chi connectivity index (χ0v) is 18.4. The lowest BCUT2D eigenvalue weighted by Crippen LogP contribution is -2.62. The molecule has 0 aliphatic rings. The molecule has 20 heavy (non-hydrogen) atoms. The SMILES string of the molecule is CO[Si](OC)(OC)O[Si](C)(O[Si](C)(C)C)O[Si](C)(C)C. The Labute approximate surface area is 127 Å². The second kappa shape index (κ2) is 7.26. The Bertz CT molecular complexity index is 273. The lowest BCUT2D eigenvalue weighted by atomic mass is 11.8. The molecule has 0 atom stereocenters. The maximum absolute atomic E-state index is 6.23. The predicted molar refractivity (Wildman–Crippen MR) is 88.3 cm³/mol. The summed E-state index contributed by atoms with van der Waals surface area (Å²) in [6.07, 6.45) is 0. The van der Waals surface area contributed by atoms with E-state index in [1.165, 1.54) is 21.3 Å². The third kappa shape index (κ3) is 7.58. The molecule has 0 aromatic rings. The smallest absolute Gasteiger partial charge is 0.417 e. The van der Waals surface area contributed by atoms with E-state index in [0.29, 0.717) is 0 Å². The van der Waals surface area contributed by atoms with Gasteiger partial charge in [-0.05, 0) is 39.3 Å². The van der Waals surface area contributed by atoms with Crippen LogP contribution in [0.1, 0.15) is 0 Å². The summed E-state index contributed by atoms with van der Waals surface area (Å²) in [6.45, 7) is 14.5. The van der Waals surface area contributed by atoms with Crippen molar-refractivity contribution in [3.8, 4) is 0 Å². The molecule has 0 bridgehead atoms. The van der Waals surface area contributed by atoms with E-state index < -0.39 is 34.5 Å². The van der Waals surface area contributed by atoms with Crippen LogP contribution in [0.5, 0.6) is 0 Å². The molecule has 0 aliphatic carbocycles. The first-order valence-electron chi connectivity index (χ1n) is 6.56. The standard InChI is InChI=1S/C10H30O6Si4/c1-11-20(12-2,13-3)16-19(10,14-17(4,5)6)15-18(7,8)9/h1-10H3. The highest BCUT2D eigenvalue weighted by Gasteiger charge is 2.55. The van der Waals surface area contributed by atoms with E-state index in [2.05, 4.69) is 39.3 Å². The molecule has 0 fully saturated rings. The van der Waals surface area contributed by atoms with Gasteiger partial charge in [0, 0.05) is 27.9 Å². The molecule has 0 radical (unpaired) electrons. The van der Waals surface area contributed by atoms with Gasteiger partial charge >= 0.3 is 17.9 Å². The summed E-state index contributed by atoms with van der Waals surface area (Å²) >= 11 is 0. The monoisotopic (exact) mass is 358 g/mol. The van der Waals surface area contributed by atoms with Crippen molar-refractivity contribution in [3.05, 3.63) is 0 Å². The van der Waals surface area contributed by atoms with Gasteiger partial charge in [-0.3, -0.25) is 0 Å². The van der Waals surface area contributed by atoms with Gasteiger partial charge < -0.3 is 25.6 Å². The highest BCUT2D eigenvalue weighted by atomic mass is 28.5. The Morgan fingerprint density at radius 2 is 0.800 bits per heavy atom. The van der Waals surface area contributed by atoms with Crippen LogP contribution in [0.25, 0.3) is 0 Å². The van der Waals surface area contributed by atoms with E-state index in [4.69, 9.17) is 25.6 Å². The summed E-state index contributed by atoms with van der Waals surface area (Å²) < 4.78 is 34.5. The molecule has 0 N–H and O–H groups in total. The fourth-order valence-corrected chi connectivity index (χ4v) is 15.6. The van der Waals surface area contributed by atoms with Crippen molar-refractivity contribution in [2.75, 3.05) is 21.3 Å². The zero-order valence-electron chi connectivity index (χ0n) is 14.4. The minimum absolute atomic E-state index is 1.51. The van der Waals surface area contributed by atoms with E-state index in [0.717, 1.165) is 0 Å². The Hall–Kier alpha value is 0.628. The molecule has 122 valence electrons. The van der Waals surface area contributed by atoms with Gasteiger partial charge in [0.15, 0.2) is 16.6 Å².